The zero-order valence-corrected chi connectivity index (χ0v) is 30.5. The summed E-state index contributed by atoms with van der Waals surface area (Å²) in [7, 11) is 0. The van der Waals surface area contributed by atoms with Crippen LogP contribution in [0.2, 0.25) is 0 Å². The highest BCUT2D eigenvalue weighted by Crippen LogP contribution is 2.51. The van der Waals surface area contributed by atoms with Gasteiger partial charge in [-0.05, 0) is 111 Å². The standard InChI is InChI=1S/C49H33NS2/c1-49(2)43-13-7-5-11-37(43)38-22-20-35(28-44(38)49)50(36-21-23-40-39-12-6-8-14-45(39)51-48(40)29-36)34-18-15-30(16-19-34)33-17-24-46-41(26-33)42-25-31-9-3-4-10-32(31)27-47(42)52-46/h3-29H,1-2H3. The molecule has 0 unspecified atom stereocenters. The first kappa shape index (κ1) is 29.9. The Morgan fingerprint density at radius 2 is 0.981 bits per heavy atom. The molecule has 52 heavy (non-hydrogen) atoms. The van der Waals surface area contributed by atoms with Crippen molar-refractivity contribution in [1.82, 2.24) is 0 Å². The van der Waals surface area contributed by atoms with Gasteiger partial charge in [-0.25, -0.2) is 0 Å². The van der Waals surface area contributed by atoms with E-state index in [1.807, 2.05) is 22.7 Å². The number of hydrogen-bond donors (Lipinski definition) is 0. The quantitative estimate of drug-likeness (QED) is 0.177. The molecule has 0 radical (unpaired) electrons. The second-order valence-corrected chi connectivity index (χ2v) is 16.7. The summed E-state index contributed by atoms with van der Waals surface area (Å²) < 4.78 is 5.30. The van der Waals surface area contributed by atoms with E-state index in [9.17, 15) is 0 Å². The summed E-state index contributed by atoms with van der Waals surface area (Å²) in [4.78, 5) is 2.44. The molecule has 3 heteroatoms. The molecule has 0 aliphatic heterocycles. The predicted molar refractivity (Wildman–Crippen MR) is 227 cm³/mol. The van der Waals surface area contributed by atoms with Gasteiger partial charge >= 0.3 is 0 Å². The van der Waals surface area contributed by atoms with E-state index >= 15 is 0 Å². The van der Waals surface area contributed by atoms with Crippen molar-refractivity contribution in [2.45, 2.75) is 19.3 Å². The number of hydrogen-bond acceptors (Lipinski definition) is 3. The summed E-state index contributed by atoms with van der Waals surface area (Å²) in [6.07, 6.45) is 0. The summed E-state index contributed by atoms with van der Waals surface area (Å²) in [6.45, 7) is 4.72. The van der Waals surface area contributed by atoms with Gasteiger partial charge in [0.2, 0.25) is 0 Å². The van der Waals surface area contributed by atoms with Gasteiger partial charge in [0, 0.05) is 62.8 Å². The molecular weight excluding hydrogens is 667 g/mol. The first-order valence-electron chi connectivity index (χ1n) is 17.9. The second kappa shape index (κ2) is 11.1. The molecule has 0 spiro atoms. The van der Waals surface area contributed by atoms with Crippen LogP contribution >= 0.6 is 22.7 Å². The number of anilines is 3. The van der Waals surface area contributed by atoms with Gasteiger partial charge < -0.3 is 4.90 Å². The van der Waals surface area contributed by atoms with Crippen molar-refractivity contribution >= 4 is 90.9 Å². The lowest BCUT2D eigenvalue weighted by Gasteiger charge is -2.28. The minimum absolute atomic E-state index is 0.0797. The fourth-order valence-electron chi connectivity index (χ4n) is 8.58. The first-order chi connectivity index (χ1) is 25.5. The second-order valence-electron chi connectivity index (χ2n) is 14.6. The molecule has 0 amide bonds. The average Bonchev–Trinajstić information content (AvgIpc) is 3.81. The molecular formula is C49H33NS2. The third kappa shape index (κ3) is 4.46. The lowest BCUT2D eigenvalue weighted by atomic mass is 9.82. The maximum Gasteiger partial charge on any atom is 0.0476 e. The van der Waals surface area contributed by atoms with E-state index in [1.165, 1.54) is 95.9 Å². The lowest BCUT2D eigenvalue weighted by Crippen LogP contribution is -2.16. The molecule has 246 valence electrons. The molecule has 1 nitrogen and oxygen atoms in total. The van der Waals surface area contributed by atoms with Gasteiger partial charge in [0.25, 0.3) is 0 Å². The molecule has 0 atom stereocenters. The number of thiophene rings is 2. The largest absolute Gasteiger partial charge is 0.310 e. The zero-order valence-electron chi connectivity index (χ0n) is 28.9. The van der Waals surface area contributed by atoms with Gasteiger partial charge in [-0.3, -0.25) is 0 Å². The molecule has 1 aliphatic rings. The monoisotopic (exact) mass is 699 g/mol. The van der Waals surface area contributed by atoms with Crippen LogP contribution in [0.3, 0.4) is 0 Å². The van der Waals surface area contributed by atoms with E-state index in [4.69, 9.17) is 0 Å². The SMILES string of the molecule is CC1(C)c2ccccc2-c2ccc(N(c3ccc(-c4ccc5sc6cc7ccccc7cc6c5c4)cc3)c3ccc4c(c3)sc3ccccc34)cc21. The minimum Gasteiger partial charge on any atom is -0.310 e. The molecule has 0 fully saturated rings. The van der Waals surface area contributed by atoms with E-state index in [0.717, 1.165) is 5.69 Å². The Morgan fingerprint density at radius 1 is 0.385 bits per heavy atom. The van der Waals surface area contributed by atoms with Crippen LogP contribution in [0.25, 0.3) is 73.4 Å². The van der Waals surface area contributed by atoms with E-state index < -0.39 is 0 Å². The van der Waals surface area contributed by atoms with Crippen LogP contribution in [-0.4, -0.2) is 0 Å². The molecule has 0 saturated carbocycles. The highest BCUT2D eigenvalue weighted by molar-refractivity contribution is 7.26. The van der Waals surface area contributed by atoms with Crippen LogP contribution in [0.4, 0.5) is 17.1 Å². The third-order valence-electron chi connectivity index (χ3n) is 11.2. The molecule has 0 bridgehead atoms. The first-order valence-corrected chi connectivity index (χ1v) is 19.5. The van der Waals surface area contributed by atoms with Crippen LogP contribution in [0, 0.1) is 0 Å². The summed E-state index contributed by atoms with van der Waals surface area (Å²) in [6, 6.07) is 61.2. The van der Waals surface area contributed by atoms with Gasteiger partial charge in [-0.15, -0.1) is 22.7 Å². The molecule has 11 rings (SSSR count). The number of nitrogens with zero attached hydrogens (tertiary/aromatic N) is 1. The van der Waals surface area contributed by atoms with Crippen molar-refractivity contribution in [2.75, 3.05) is 4.90 Å². The van der Waals surface area contributed by atoms with E-state index in [0.29, 0.717) is 0 Å². The van der Waals surface area contributed by atoms with Crippen LogP contribution in [-0.2, 0) is 5.41 Å². The van der Waals surface area contributed by atoms with E-state index in [1.54, 1.807) is 0 Å². The smallest absolute Gasteiger partial charge is 0.0476 e. The summed E-state index contributed by atoms with van der Waals surface area (Å²) in [5.41, 5.74) is 11.3. The van der Waals surface area contributed by atoms with E-state index in [2.05, 4.69) is 183 Å². The molecule has 2 heterocycles. The Balaban J connectivity index is 1.04. The van der Waals surface area contributed by atoms with Crippen molar-refractivity contribution in [3.63, 3.8) is 0 Å². The molecule has 0 saturated heterocycles. The van der Waals surface area contributed by atoms with E-state index in [-0.39, 0.29) is 5.41 Å². The molecule has 2 aromatic heterocycles. The van der Waals surface area contributed by atoms with Crippen molar-refractivity contribution in [2.24, 2.45) is 0 Å². The fourth-order valence-corrected chi connectivity index (χ4v) is 10.8. The summed E-state index contributed by atoms with van der Waals surface area (Å²) >= 11 is 3.75. The summed E-state index contributed by atoms with van der Waals surface area (Å²) in [5, 5.41) is 7.89. The minimum atomic E-state index is -0.0797. The molecule has 0 N–H and O–H groups in total. The molecule has 10 aromatic rings. The van der Waals surface area contributed by atoms with Gasteiger partial charge in [-0.2, -0.15) is 0 Å². The van der Waals surface area contributed by atoms with Crippen molar-refractivity contribution in [1.29, 1.82) is 0 Å². The molecule has 8 aromatic carbocycles. The van der Waals surface area contributed by atoms with Gasteiger partial charge in [0.1, 0.15) is 0 Å². The Morgan fingerprint density at radius 3 is 1.85 bits per heavy atom. The zero-order chi connectivity index (χ0) is 34.6. The van der Waals surface area contributed by atoms with Crippen LogP contribution in [0.5, 0.6) is 0 Å². The molecule has 1 aliphatic carbocycles. The Kier molecular flexibility index (Phi) is 6.41. The average molecular weight is 700 g/mol. The predicted octanol–water partition coefficient (Wildman–Crippen LogP) is 15.0. The fraction of sp³-hybridized carbons (Fsp3) is 0.0612. The Bertz CT molecular complexity index is 3050. The highest BCUT2D eigenvalue weighted by atomic mass is 32.1. The van der Waals surface area contributed by atoms with Gasteiger partial charge in [0.05, 0.1) is 0 Å². The normalized spacial score (nSPS) is 13.3. The van der Waals surface area contributed by atoms with Crippen molar-refractivity contribution in [3.8, 4) is 22.3 Å². The highest BCUT2D eigenvalue weighted by Gasteiger charge is 2.35. The number of benzene rings is 8. The maximum atomic E-state index is 2.44. The summed E-state index contributed by atoms with van der Waals surface area (Å²) in [5.74, 6) is 0. The Labute approximate surface area is 310 Å². The Hall–Kier alpha value is -5.74. The lowest BCUT2D eigenvalue weighted by molar-refractivity contribution is 0.660. The van der Waals surface area contributed by atoms with Crippen molar-refractivity contribution < 1.29 is 0 Å². The van der Waals surface area contributed by atoms with Crippen LogP contribution in [0.1, 0.15) is 25.0 Å². The topological polar surface area (TPSA) is 3.24 Å². The van der Waals surface area contributed by atoms with Crippen molar-refractivity contribution in [3.05, 3.63) is 175 Å². The third-order valence-corrected chi connectivity index (χ3v) is 13.5. The maximum absolute atomic E-state index is 2.44. The number of rotatable bonds is 4. The van der Waals surface area contributed by atoms with Crippen LogP contribution < -0.4 is 4.90 Å². The van der Waals surface area contributed by atoms with Gasteiger partial charge in [-0.1, -0.05) is 111 Å². The van der Waals surface area contributed by atoms with Gasteiger partial charge in [0.15, 0.2) is 0 Å². The number of fused-ring (bicyclic) bond motifs is 10. The van der Waals surface area contributed by atoms with Crippen LogP contribution in [0.15, 0.2) is 164 Å².